The van der Waals surface area contributed by atoms with Crippen molar-refractivity contribution in [1.82, 2.24) is 19.7 Å². The molecule has 0 aliphatic carbocycles. The zero-order chi connectivity index (χ0) is 14.8. The normalized spacial score (nSPS) is 25.7. The van der Waals surface area contributed by atoms with Gasteiger partial charge in [0.25, 0.3) is 0 Å². The first kappa shape index (κ1) is 14.8. The summed E-state index contributed by atoms with van der Waals surface area (Å²) >= 11 is 1.80. The molecule has 6 nitrogen and oxygen atoms in total. The highest BCUT2D eigenvalue weighted by atomic mass is 32.2. The third-order valence-electron chi connectivity index (χ3n) is 4.24. The first-order valence-corrected chi connectivity index (χ1v) is 8.57. The molecule has 0 aromatic carbocycles. The number of hydrogen-bond donors (Lipinski definition) is 0. The SMILES string of the molecule is COCc1nnc2n1CCN(C(=O)C1CCCS1)C(C)C2. The van der Waals surface area contributed by atoms with Gasteiger partial charge >= 0.3 is 0 Å². The number of methoxy groups -OCH3 is 1. The highest BCUT2D eigenvalue weighted by molar-refractivity contribution is 8.00. The molecule has 2 unspecified atom stereocenters. The van der Waals surface area contributed by atoms with Gasteiger partial charge in [-0.05, 0) is 25.5 Å². The Labute approximate surface area is 129 Å². The number of amides is 1. The van der Waals surface area contributed by atoms with E-state index in [0.29, 0.717) is 12.5 Å². The summed E-state index contributed by atoms with van der Waals surface area (Å²) in [6, 6.07) is 0.180. The van der Waals surface area contributed by atoms with Gasteiger partial charge in [-0.3, -0.25) is 4.79 Å². The molecule has 116 valence electrons. The summed E-state index contributed by atoms with van der Waals surface area (Å²) < 4.78 is 7.27. The lowest BCUT2D eigenvalue weighted by Gasteiger charge is -2.29. The van der Waals surface area contributed by atoms with Gasteiger partial charge < -0.3 is 14.2 Å². The molecule has 3 rings (SSSR count). The Morgan fingerprint density at radius 1 is 1.43 bits per heavy atom. The van der Waals surface area contributed by atoms with Gasteiger partial charge in [-0.2, -0.15) is 0 Å². The van der Waals surface area contributed by atoms with E-state index in [1.807, 2.05) is 4.90 Å². The van der Waals surface area contributed by atoms with Crippen LogP contribution in [0.3, 0.4) is 0 Å². The Bertz CT molecular complexity index is 513. The Morgan fingerprint density at radius 2 is 2.29 bits per heavy atom. The Hall–Kier alpha value is -1.08. The molecule has 2 aliphatic rings. The van der Waals surface area contributed by atoms with E-state index in [1.165, 1.54) is 0 Å². The van der Waals surface area contributed by atoms with Gasteiger partial charge in [-0.15, -0.1) is 22.0 Å². The predicted molar refractivity (Wildman–Crippen MR) is 81.1 cm³/mol. The number of ether oxygens (including phenoxy) is 1. The number of thioether (sulfide) groups is 1. The van der Waals surface area contributed by atoms with Gasteiger partial charge in [-0.1, -0.05) is 0 Å². The summed E-state index contributed by atoms with van der Waals surface area (Å²) in [7, 11) is 1.66. The fourth-order valence-electron chi connectivity index (χ4n) is 3.10. The standard InChI is InChI=1S/C14H22N4O2S/c1-10-8-12-15-16-13(9-20-2)18(12)6-5-17(10)14(19)11-4-3-7-21-11/h10-11H,3-9H2,1-2H3. The largest absolute Gasteiger partial charge is 0.377 e. The van der Waals surface area contributed by atoms with E-state index >= 15 is 0 Å². The third kappa shape index (κ3) is 2.94. The van der Waals surface area contributed by atoms with Crippen LogP contribution in [0.1, 0.15) is 31.4 Å². The highest BCUT2D eigenvalue weighted by Crippen LogP contribution is 2.29. The van der Waals surface area contributed by atoms with Crippen molar-refractivity contribution in [1.29, 1.82) is 0 Å². The van der Waals surface area contributed by atoms with Crippen LogP contribution in [0, 0.1) is 0 Å². The predicted octanol–water partition coefficient (Wildman–Crippen LogP) is 1.09. The van der Waals surface area contributed by atoms with Crippen LogP contribution in [0.15, 0.2) is 0 Å². The first-order chi connectivity index (χ1) is 10.2. The molecule has 21 heavy (non-hydrogen) atoms. The Kier molecular flexibility index (Phi) is 4.49. The van der Waals surface area contributed by atoms with Gasteiger partial charge in [0.15, 0.2) is 5.82 Å². The van der Waals surface area contributed by atoms with E-state index < -0.39 is 0 Å². The third-order valence-corrected chi connectivity index (χ3v) is 5.60. The minimum Gasteiger partial charge on any atom is -0.377 e. The molecule has 2 atom stereocenters. The topological polar surface area (TPSA) is 60.3 Å². The monoisotopic (exact) mass is 310 g/mol. The molecule has 1 saturated heterocycles. The van der Waals surface area contributed by atoms with Crippen LogP contribution < -0.4 is 0 Å². The van der Waals surface area contributed by atoms with Crippen LogP contribution in [-0.2, 0) is 29.1 Å². The second-order valence-electron chi connectivity index (χ2n) is 5.70. The maximum absolute atomic E-state index is 12.7. The summed E-state index contributed by atoms with van der Waals surface area (Å²) in [6.07, 6.45) is 2.94. The van der Waals surface area contributed by atoms with E-state index in [9.17, 15) is 4.79 Å². The van der Waals surface area contributed by atoms with Crippen LogP contribution in [0.4, 0.5) is 0 Å². The van der Waals surface area contributed by atoms with Crippen molar-refractivity contribution in [3.05, 3.63) is 11.6 Å². The molecule has 1 fully saturated rings. The van der Waals surface area contributed by atoms with Crippen molar-refractivity contribution in [2.75, 3.05) is 19.4 Å². The van der Waals surface area contributed by atoms with Crippen LogP contribution in [0.2, 0.25) is 0 Å². The number of carbonyl (C=O) groups excluding carboxylic acids is 1. The molecular formula is C14H22N4O2S. The zero-order valence-corrected chi connectivity index (χ0v) is 13.4. The van der Waals surface area contributed by atoms with Crippen molar-refractivity contribution in [2.24, 2.45) is 0 Å². The lowest BCUT2D eigenvalue weighted by molar-refractivity contribution is -0.132. The zero-order valence-electron chi connectivity index (χ0n) is 12.6. The van der Waals surface area contributed by atoms with Crippen molar-refractivity contribution in [2.45, 2.75) is 50.6 Å². The van der Waals surface area contributed by atoms with Crippen LogP contribution in [-0.4, -0.2) is 56.3 Å². The molecule has 0 radical (unpaired) electrons. The number of fused-ring (bicyclic) bond motifs is 1. The Morgan fingerprint density at radius 3 is 3.00 bits per heavy atom. The molecular weight excluding hydrogens is 288 g/mol. The lowest BCUT2D eigenvalue weighted by atomic mass is 10.1. The summed E-state index contributed by atoms with van der Waals surface area (Å²) in [5.74, 6) is 3.23. The van der Waals surface area contributed by atoms with Gasteiger partial charge in [0.05, 0.1) is 5.25 Å². The quantitative estimate of drug-likeness (QED) is 0.836. The summed E-state index contributed by atoms with van der Waals surface area (Å²) in [4.78, 5) is 14.7. The van der Waals surface area contributed by atoms with E-state index in [2.05, 4.69) is 21.7 Å². The second-order valence-corrected chi connectivity index (χ2v) is 7.01. The number of nitrogens with zero attached hydrogens (tertiary/aromatic N) is 4. The van der Waals surface area contributed by atoms with Gasteiger partial charge in [0.1, 0.15) is 12.4 Å². The second kappa shape index (κ2) is 6.36. The average molecular weight is 310 g/mol. The first-order valence-electron chi connectivity index (χ1n) is 7.52. The summed E-state index contributed by atoms with van der Waals surface area (Å²) in [5, 5.41) is 8.62. The average Bonchev–Trinajstić information content (AvgIpc) is 3.08. The summed E-state index contributed by atoms with van der Waals surface area (Å²) in [5.41, 5.74) is 0. The van der Waals surface area contributed by atoms with E-state index in [1.54, 1.807) is 18.9 Å². The van der Waals surface area contributed by atoms with Crippen molar-refractivity contribution >= 4 is 17.7 Å². The van der Waals surface area contributed by atoms with Crippen molar-refractivity contribution in [3.8, 4) is 0 Å². The van der Waals surface area contributed by atoms with Crippen LogP contribution in [0.5, 0.6) is 0 Å². The van der Waals surface area contributed by atoms with Gasteiger partial charge in [-0.25, -0.2) is 0 Å². The molecule has 0 spiro atoms. The molecule has 0 bridgehead atoms. The molecule has 1 aromatic rings. The molecule has 0 N–H and O–H groups in total. The Balaban J connectivity index is 1.74. The fourth-order valence-corrected chi connectivity index (χ4v) is 4.33. The number of aromatic nitrogens is 3. The van der Waals surface area contributed by atoms with Crippen molar-refractivity contribution in [3.63, 3.8) is 0 Å². The van der Waals surface area contributed by atoms with E-state index in [4.69, 9.17) is 4.74 Å². The number of carbonyl (C=O) groups is 1. The maximum atomic E-state index is 12.7. The van der Waals surface area contributed by atoms with E-state index in [0.717, 1.165) is 49.8 Å². The van der Waals surface area contributed by atoms with E-state index in [-0.39, 0.29) is 11.3 Å². The summed E-state index contributed by atoms with van der Waals surface area (Å²) in [6.45, 7) is 4.07. The minimum absolute atomic E-state index is 0.162. The fraction of sp³-hybridized carbons (Fsp3) is 0.786. The number of hydrogen-bond acceptors (Lipinski definition) is 5. The maximum Gasteiger partial charge on any atom is 0.236 e. The molecule has 1 aromatic heterocycles. The lowest BCUT2D eigenvalue weighted by Crippen LogP contribution is -2.44. The molecule has 1 amide bonds. The molecule has 3 heterocycles. The van der Waals surface area contributed by atoms with Crippen LogP contribution in [0.25, 0.3) is 0 Å². The van der Waals surface area contributed by atoms with Gasteiger partial charge in [0, 0.05) is 32.7 Å². The van der Waals surface area contributed by atoms with Crippen LogP contribution >= 0.6 is 11.8 Å². The molecule has 0 saturated carbocycles. The number of rotatable bonds is 3. The highest BCUT2D eigenvalue weighted by Gasteiger charge is 2.33. The van der Waals surface area contributed by atoms with Crippen molar-refractivity contribution < 1.29 is 9.53 Å². The molecule has 2 aliphatic heterocycles. The van der Waals surface area contributed by atoms with Gasteiger partial charge in [0.2, 0.25) is 5.91 Å². The molecule has 7 heteroatoms. The minimum atomic E-state index is 0.162. The smallest absolute Gasteiger partial charge is 0.236 e.